The lowest BCUT2D eigenvalue weighted by atomic mass is 9.89. The van der Waals surface area contributed by atoms with Crippen LogP contribution in [0.2, 0.25) is 0 Å². The Hall–Kier alpha value is -1.27. The average Bonchev–Trinajstić information content (AvgIpc) is 3.17. The first-order valence-corrected chi connectivity index (χ1v) is 8.63. The number of hydrogen-bond acceptors (Lipinski definition) is 5. The summed E-state index contributed by atoms with van der Waals surface area (Å²) in [6.45, 7) is 2.85. The molecule has 1 heterocycles. The molecule has 0 bridgehead atoms. The van der Waals surface area contributed by atoms with Crippen molar-refractivity contribution in [3.8, 4) is 11.5 Å². The maximum Gasteiger partial charge on any atom is 0.175 e. The van der Waals surface area contributed by atoms with E-state index in [-0.39, 0.29) is 11.5 Å². The molecule has 0 aromatic heterocycles. The molecular weight excluding hydrogens is 278 g/mol. The third-order valence-corrected chi connectivity index (χ3v) is 5.38. The summed E-state index contributed by atoms with van der Waals surface area (Å²) in [6.07, 6.45) is 3.04. The summed E-state index contributed by atoms with van der Waals surface area (Å²) in [6, 6.07) is 3.30. The number of nitrogens with two attached hydrogens (primary N) is 1. The molecule has 1 aliphatic carbocycles. The van der Waals surface area contributed by atoms with Gasteiger partial charge in [-0.1, -0.05) is 0 Å². The maximum absolute atomic E-state index is 12.1. The van der Waals surface area contributed by atoms with Crippen molar-refractivity contribution in [2.45, 2.75) is 36.1 Å². The van der Waals surface area contributed by atoms with Gasteiger partial charge < -0.3 is 15.2 Å². The number of fused-ring (bicyclic) bond motifs is 1. The Morgan fingerprint density at radius 3 is 2.20 bits per heavy atom. The molecule has 1 saturated carbocycles. The zero-order valence-corrected chi connectivity index (χ0v) is 12.5. The van der Waals surface area contributed by atoms with E-state index in [2.05, 4.69) is 0 Å². The Morgan fingerprint density at radius 2 is 1.75 bits per heavy atom. The first kappa shape index (κ1) is 13.7. The molecule has 0 amide bonds. The quantitative estimate of drug-likeness (QED) is 0.908. The van der Waals surface area contributed by atoms with Gasteiger partial charge in [0.2, 0.25) is 0 Å². The van der Waals surface area contributed by atoms with Gasteiger partial charge in [-0.3, -0.25) is 0 Å². The van der Waals surface area contributed by atoms with Crippen LogP contribution in [0.4, 0.5) is 0 Å². The van der Waals surface area contributed by atoms with Crippen LogP contribution in [-0.4, -0.2) is 33.9 Å². The van der Waals surface area contributed by atoms with Gasteiger partial charge in [-0.2, -0.15) is 0 Å². The van der Waals surface area contributed by atoms with Crippen LogP contribution in [0.15, 0.2) is 17.0 Å². The van der Waals surface area contributed by atoms with Crippen LogP contribution in [0.5, 0.6) is 11.5 Å². The van der Waals surface area contributed by atoms with Crippen LogP contribution in [0.1, 0.15) is 25.3 Å². The summed E-state index contributed by atoms with van der Waals surface area (Å²) < 4.78 is 35.3. The fraction of sp³-hybridized carbons (Fsp3) is 0.571. The smallest absolute Gasteiger partial charge is 0.175 e. The third kappa shape index (κ3) is 2.07. The molecule has 110 valence electrons. The maximum atomic E-state index is 12.1. The molecule has 5 nitrogen and oxygen atoms in total. The zero-order valence-electron chi connectivity index (χ0n) is 11.7. The summed E-state index contributed by atoms with van der Waals surface area (Å²) in [4.78, 5) is 0.316. The van der Waals surface area contributed by atoms with Gasteiger partial charge in [-0.25, -0.2) is 8.42 Å². The van der Waals surface area contributed by atoms with E-state index >= 15 is 0 Å². The SMILES string of the molecule is CC(N)C1(c2cc3c(cc2S(C)(=O)=O)OCCO3)CC1. The van der Waals surface area contributed by atoms with Gasteiger partial charge in [-0.15, -0.1) is 0 Å². The van der Waals surface area contributed by atoms with E-state index in [1.54, 1.807) is 12.1 Å². The molecule has 6 heteroatoms. The molecular formula is C14H19NO4S. The van der Waals surface area contributed by atoms with Gasteiger partial charge in [0.05, 0.1) is 4.90 Å². The van der Waals surface area contributed by atoms with E-state index in [9.17, 15) is 8.42 Å². The zero-order chi connectivity index (χ0) is 14.5. The van der Waals surface area contributed by atoms with E-state index in [0.717, 1.165) is 18.4 Å². The van der Waals surface area contributed by atoms with Gasteiger partial charge in [-0.05, 0) is 31.4 Å². The van der Waals surface area contributed by atoms with Crippen molar-refractivity contribution in [1.29, 1.82) is 0 Å². The fourth-order valence-electron chi connectivity index (χ4n) is 2.87. The summed E-state index contributed by atoms with van der Waals surface area (Å²) in [7, 11) is -3.33. The molecule has 1 aromatic carbocycles. The van der Waals surface area contributed by atoms with Crippen molar-refractivity contribution in [2.24, 2.45) is 5.73 Å². The molecule has 1 fully saturated rings. The van der Waals surface area contributed by atoms with E-state index in [4.69, 9.17) is 15.2 Å². The summed E-state index contributed by atoms with van der Waals surface area (Å²) in [5, 5.41) is 0. The highest BCUT2D eigenvalue weighted by molar-refractivity contribution is 7.90. The summed E-state index contributed by atoms with van der Waals surface area (Å²) in [5.41, 5.74) is 6.62. The minimum atomic E-state index is -3.33. The second kappa shape index (κ2) is 4.36. The van der Waals surface area contributed by atoms with Crippen molar-refractivity contribution >= 4 is 9.84 Å². The topological polar surface area (TPSA) is 78.6 Å². The second-order valence-electron chi connectivity index (χ2n) is 5.71. The van der Waals surface area contributed by atoms with E-state index in [1.165, 1.54) is 6.26 Å². The highest BCUT2D eigenvalue weighted by Gasteiger charge is 2.50. The van der Waals surface area contributed by atoms with Crippen LogP contribution in [0, 0.1) is 0 Å². The highest BCUT2D eigenvalue weighted by atomic mass is 32.2. The number of rotatable bonds is 3. The molecule has 0 radical (unpaired) electrons. The molecule has 20 heavy (non-hydrogen) atoms. The number of benzene rings is 1. The molecule has 1 aliphatic heterocycles. The van der Waals surface area contributed by atoms with Gasteiger partial charge in [0.1, 0.15) is 13.2 Å². The minimum Gasteiger partial charge on any atom is -0.486 e. The van der Waals surface area contributed by atoms with Crippen molar-refractivity contribution in [3.63, 3.8) is 0 Å². The summed E-state index contributed by atoms with van der Waals surface area (Å²) >= 11 is 0. The third-order valence-electron chi connectivity index (χ3n) is 4.24. The van der Waals surface area contributed by atoms with Gasteiger partial charge in [0.25, 0.3) is 0 Å². The Kier molecular flexibility index (Phi) is 2.99. The molecule has 3 rings (SSSR count). The minimum absolute atomic E-state index is 0.0921. The van der Waals surface area contributed by atoms with E-state index in [0.29, 0.717) is 29.6 Å². The molecule has 1 unspecified atom stereocenters. The lowest BCUT2D eigenvalue weighted by Crippen LogP contribution is -2.33. The number of hydrogen-bond donors (Lipinski definition) is 1. The molecule has 0 spiro atoms. The van der Waals surface area contributed by atoms with Crippen LogP contribution in [0.3, 0.4) is 0 Å². The van der Waals surface area contributed by atoms with Gasteiger partial charge in [0, 0.05) is 23.8 Å². The van der Waals surface area contributed by atoms with Gasteiger partial charge in [0.15, 0.2) is 21.3 Å². The lowest BCUT2D eigenvalue weighted by molar-refractivity contribution is 0.170. The van der Waals surface area contributed by atoms with Crippen molar-refractivity contribution in [2.75, 3.05) is 19.5 Å². The Labute approximate surface area is 119 Å². The fourth-order valence-corrected chi connectivity index (χ4v) is 3.85. The second-order valence-corrected chi connectivity index (χ2v) is 7.69. The van der Waals surface area contributed by atoms with Crippen LogP contribution in [0.25, 0.3) is 0 Å². The van der Waals surface area contributed by atoms with Crippen LogP contribution < -0.4 is 15.2 Å². The Balaban J connectivity index is 2.22. The van der Waals surface area contributed by atoms with Crippen LogP contribution >= 0.6 is 0 Å². The number of ether oxygens (including phenoxy) is 2. The van der Waals surface area contributed by atoms with Gasteiger partial charge >= 0.3 is 0 Å². The Bertz CT molecular complexity index is 647. The Morgan fingerprint density at radius 1 is 1.20 bits per heavy atom. The van der Waals surface area contributed by atoms with Crippen molar-refractivity contribution in [3.05, 3.63) is 17.7 Å². The van der Waals surface area contributed by atoms with E-state index in [1.807, 2.05) is 6.92 Å². The monoisotopic (exact) mass is 297 g/mol. The predicted octanol–water partition coefficient (Wildman–Crippen LogP) is 1.24. The summed E-state index contributed by atoms with van der Waals surface area (Å²) in [5.74, 6) is 1.12. The molecule has 2 aliphatic rings. The van der Waals surface area contributed by atoms with Crippen molar-refractivity contribution < 1.29 is 17.9 Å². The number of sulfone groups is 1. The predicted molar refractivity (Wildman–Crippen MR) is 75.1 cm³/mol. The largest absolute Gasteiger partial charge is 0.486 e. The molecule has 2 N–H and O–H groups in total. The van der Waals surface area contributed by atoms with Crippen LogP contribution in [-0.2, 0) is 15.3 Å². The highest BCUT2D eigenvalue weighted by Crippen LogP contribution is 2.54. The lowest BCUT2D eigenvalue weighted by Gasteiger charge is -2.26. The first-order chi connectivity index (χ1) is 9.34. The standard InChI is InChI=1S/C14H19NO4S/c1-9(15)14(3-4-14)10-7-11-12(19-6-5-18-11)8-13(10)20(2,16)17/h7-9H,3-6,15H2,1-2H3. The molecule has 1 aromatic rings. The average molecular weight is 297 g/mol. The van der Waals surface area contributed by atoms with E-state index < -0.39 is 9.84 Å². The normalized spacial score (nSPS) is 21.4. The first-order valence-electron chi connectivity index (χ1n) is 6.74. The molecule has 1 atom stereocenters. The molecule has 0 saturated heterocycles. The van der Waals surface area contributed by atoms with Crippen molar-refractivity contribution in [1.82, 2.24) is 0 Å².